The molecule has 0 atom stereocenters. The van der Waals surface area contributed by atoms with E-state index < -0.39 is 15.9 Å². The van der Waals surface area contributed by atoms with E-state index in [1.54, 1.807) is 37.3 Å². The average molecular weight is 438 g/mol. The molecule has 0 fully saturated rings. The van der Waals surface area contributed by atoms with Crippen molar-refractivity contribution < 1.29 is 18.0 Å². The number of thiophene rings is 1. The Labute approximate surface area is 169 Å². The molecule has 2 aromatic heterocycles. The Kier molecular flexibility index (Phi) is 6.14. The molecule has 0 aliphatic heterocycles. The maximum Gasteiger partial charge on any atom is 0.279 e. The number of carbonyl (C=O) groups excluding carboxylic acids is 2. The molecule has 9 nitrogen and oxygen atoms in total. The van der Waals surface area contributed by atoms with Crippen molar-refractivity contribution in [3.05, 3.63) is 63.5 Å². The van der Waals surface area contributed by atoms with Crippen LogP contribution in [0.4, 0.5) is 0 Å². The molecule has 0 aliphatic rings. The van der Waals surface area contributed by atoms with Gasteiger partial charge in [0.1, 0.15) is 9.09 Å². The number of hydrogen-bond donors (Lipinski definition) is 3. The third kappa shape index (κ3) is 4.78. The van der Waals surface area contributed by atoms with Crippen LogP contribution in [-0.2, 0) is 16.6 Å². The Balaban J connectivity index is 1.58. The van der Waals surface area contributed by atoms with Crippen molar-refractivity contribution in [2.45, 2.75) is 17.7 Å². The Morgan fingerprint density at radius 3 is 2.50 bits per heavy atom. The van der Waals surface area contributed by atoms with Crippen LogP contribution in [-0.4, -0.2) is 29.8 Å². The fourth-order valence-corrected chi connectivity index (χ4v) is 4.80. The number of rotatable bonds is 7. The van der Waals surface area contributed by atoms with Crippen LogP contribution in [0.3, 0.4) is 0 Å². The van der Waals surface area contributed by atoms with Gasteiger partial charge < -0.3 is 5.32 Å². The zero-order chi connectivity index (χ0) is 20.1. The minimum Gasteiger partial charge on any atom is -0.347 e. The van der Waals surface area contributed by atoms with E-state index in [2.05, 4.69) is 20.3 Å². The number of nitrogens with zero attached hydrogens (tertiary/aromatic N) is 2. The van der Waals surface area contributed by atoms with Gasteiger partial charge in [-0.25, -0.2) is 8.42 Å². The van der Waals surface area contributed by atoms with E-state index in [-0.39, 0.29) is 21.5 Å². The lowest BCUT2D eigenvalue weighted by Gasteiger charge is -2.06. The van der Waals surface area contributed by atoms with Crippen LogP contribution < -0.4 is 15.6 Å². The number of benzene rings is 1. The molecule has 0 radical (unpaired) electrons. The van der Waals surface area contributed by atoms with Crippen molar-refractivity contribution in [2.75, 3.05) is 0 Å². The first kappa shape index (κ1) is 20.1. The van der Waals surface area contributed by atoms with Gasteiger partial charge in [-0.3, -0.25) is 15.0 Å². The van der Waals surface area contributed by atoms with Crippen molar-refractivity contribution in [2.24, 2.45) is 0 Å². The maximum absolute atomic E-state index is 12.3. The van der Waals surface area contributed by atoms with Gasteiger partial charge >= 0.3 is 0 Å². The monoisotopic (exact) mass is 437 g/mol. The quantitative estimate of drug-likeness (QED) is 0.480. The van der Waals surface area contributed by atoms with Crippen LogP contribution in [0.5, 0.6) is 0 Å². The lowest BCUT2D eigenvalue weighted by Crippen LogP contribution is -2.41. The van der Waals surface area contributed by atoms with Crippen molar-refractivity contribution in [3.8, 4) is 0 Å². The van der Waals surface area contributed by atoms with Gasteiger partial charge in [-0.2, -0.15) is 0 Å². The normalized spacial score (nSPS) is 11.2. The van der Waals surface area contributed by atoms with Gasteiger partial charge in [0, 0.05) is 10.4 Å². The first-order valence-corrected chi connectivity index (χ1v) is 11.0. The molecular weight excluding hydrogens is 422 g/mol. The van der Waals surface area contributed by atoms with Gasteiger partial charge in [0.25, 0.3) is 21.8 Å². The summed E-state index contributed by atoms with van der Waals surface area (Å²) in [5.41, 5.74) is 3.07. The molecule has 12 heteroatoms. The Bertz CT molecular complexity index is 1090. The highest BCUT2D eigenvalue weighted by molar-refractivity contribution is 7.91. The number of aryl methyl sites for hydroxylation is 1. The summed E-state index contributed by atoms with van der Waals surface area (Å²) in [7, 11) is -3.94. The molecule has 146 valence electrons. The highest BCUT2D eigenvalue weighted by Gasteiger charge is 2.20. The van der Waals surface area contributed by atoms with Crippen LogP contribution in [0.2, 0.25) is 0 Å². The number of aromatic nitrogens is 2. The zero-order valence-electron chi connectivity index (χ0n) is 14.5. The Morgan fingerprint density at radius 2 is 1.82 bits per heavy atom. The lowest BCUT2D eigenvalue weighted by molar-refractivity contribution is 0.0942. The van der Waals surface area contributed by atoms with Crippen molar-refractivity contribution in [3.63, 3.8) is 0 Å². The van der Waals surface area contributed by atoms with Gasteiger partial charge in [-0.05, 0) is 42.7 Å². The molecule has 0 saturated carbocycles. The molecule has 0 spiro atoms. The van der Waals surface area contributed by atoms with Crippen LogP contribution >= 0.6 is 22.9 Å². The lowest BCUT2D eigenvalue weighted by atomic mass is 10.2. The minimum atomic E-state index is -3.94. The molecule has 1 aromatic carbocycles. The van der Waals surface area contributed by atoms with E-state index in [0.717, 1.165) is 22.9 Å². The summed E-state index contributed by atoms with van der Waals surface area (Å²) in [6.07, 6.45) is 0. The number of carbonyl (C=O) groups is 2. The summed E-state index contributed by atoms with van der Waals surface area (Å²) in [6.45, 7) is 1.79. The largest absolute Gasteiger partial charge is 0.347 e. The molecule has 0 unspecified atom stereocenters. The zero-order valence-corrected chi connectivity index (χ0v) is 17.0. The molecule has 0 bridgehead atoms. The highest BCUT2D eigenvalue weighted by atomic mass is 32.2. The summed E-state index contributed by atoms with van der Waals surface area (Å²) in [6, 6.07) is 11.7. The fraction of sp³-hybridized carbons (Fsp3) is 0.125. The molecular formula is C16H15N5O4S3. The summed E-state index contributed by atoms with van der Waals surface area (Å²) in [5.74, 6) is -0.889. The van der Waals surface area contributed by atoms with Crippen molar-refractivity contribution in [1.82, 2.24) is 25.2 Å². The van der Waals surface area contributed by atoms with E-state index in [1.807, 2.05) is 10.9 Å². The van der Waals surface area contributed by atoms with E-state index >= 15 is 0 Å². The topological polar surface area (TPSA) is 130 Å². The molecule has 28 heavy (non-hydrogen) atoms. The molecule has 3 N–H and O–H groups in total. The summed E-state index contributed by atoms with van der Waals surface area (Å²) >= 11 is 1.86. The van der Waals surface area contributed by atoms with Crippen LogP contribution in [0.1, 0.15) is 30.6 Å². The first-order valence-electron chi connectivity index (χ1n) is 7.90. The van der Waals surface area contributed by atoms with E-state index in [1.165, 1.54) is 6.07 Å². The molecule has 3 aromatic rings. The van der Waals surface area contributed by atoms with Gasteiger partial charge in [0.2, 0.25) is 0 Å². The van der Waals surface area contributed by atoms with Crippen LogP contribution in [0.25, 0.3) is 0 Å². The molecule has 2 amide bonds. The molecule has 3 rings (SSSR count). The van der Waals surface area contributed by atoms with E-state index in [0.29, 0.717) is 16.1 Å². The smallest absolute Gasteiger partial charge is 0.279 e. The predicted molar refractivity (Wildman–Crippen MR) is 104 cm³/mol. The SMILES string of the molecule is Cc1nnsc1C(=O)NNS(=O)(=O)c1ccc(CNC(=O)c2ccccc2)s1. The third-order valence-corrected chi connectivity index (χ3v) is 7.17. The number of hydrazine groups is 1. The minimum absolute atomic E-state index is 0.0101. The van der Waals surface area contributed by atoms with E-state index in [9.17, 15) is 18.0 Å². The second kappa shape index (κ2) is 8.56. The second-order valence-corrected chi connectivity index (χ2v) is 9.35. The molecule has 2 heterocycles. The highest BCUT2D eigenvalue weighted by Crippen LogP contribution is 2.21. The molecule has 0 saturated heterocycles. The predicted octanol–water partition coefficient (Wildman–Crippen LogP) is 1.46. The Hall–Kier alpha value is -2.67. The van der Waals surface area contributed by atoms with Gasteiger partial charge in [-0.15, -0.1) is 21.3 Å². The van der Waals surface area contributed by atoms with Crippen LogP contribution in [0.15, 0.2) is 46.7 Å². The second-order valence-electron chi connectivity index (χ2n) is 5.52. The van der Waals surface area contributed by atoms with E-state index in [4.69, 9.17) is 0 Å². The number of hydrogen-bond acceptors (Lipinski definition) is 8. The summed E-state index contributed by atoms with van der Waals surface area (Å²) < 4.78 is 28.3. The van der Waals surface area contributed by atoms with Crippen molar-refractivity contribution in [1.29, 1.82) is 0 Å². The maximum atomic E-state index is 12.3. The fourth-order valence-electron chi connectivity index (χ4n) is 2.12. The summed E-state index contributed by atoms with van der Waals surface area (Å²) in [4.78, 5) is 26.9. The van der Waals surface area contributed by atoms with Crippen LogP contribution in [0, 0.1) is 6.92 Å². The number of nitrogens with one attached hydrogen (secondary N) is 3. The standard InChI is InChI=1S/C16H15N5O4S3/c1-10-14(27-20-18-10)16(23)19-21-28(24,25)13-8-7-12(26-13)9-17-15(22)11-5-3-2-4-6-11/h2-8,21H,9H2,1H3,(H,17,22)(H,19,23). The van der Waals surface area contributed by atoms with Crippen molar-refractivity contribution >= 4 is 44.7 Å². The first-order chi connectivity index (χ1) is 13.4. The number of amides is 2. The van der Waals surface area contributed by atoms with Gasteiger partial charge in [-0.1, -0.05) is 22.7 Å². The Morgan fingerprint density at radius 1 is 1.07 bits per heavy atom. The third-order valence-electron chi connectivity index (χ3n) is 3.52. The average Bonchev–Trinajstić information content (AvgIpc) is 3.34. The summed E-state index contributed by atoms with van der Waals surface area (Å²) in [5, 5.41) is 6.43. The number of sulfonamides is 1. The van der Waals surface area contributed by atoms with Gasteiger partial charge in [0.05, 0.1) is 12.2 Å². The van der Waals surface area contributed by atoms with Gasteiger partial charge in [0.15, 0.2) is 0 Å². The molecule has 0 aliphatic carbocycles.